The first kappa shape index (κ1) is 12.8. The molecule has 0 saturated carbocycles. The van der Waals surface area contributed by atoms with Crippen molar-refractivity contribution in [2.75, 3.05) is 20.1 Å². The van der Waals surface area contributed by atoms with Crippen LogP contribution in [0.15, 0.2) is 48.0 Å². The molecule has 106 valence electrons. The minimum atomic E-state index is 1.18. The molecule has 0 radical (unpaired) electrons. The van der Waals surface area contributed by atoms with Crippen LogP contribution in [0.2, 0.25) is 0 Å². The Labute approximate surface area is 126 Å². The highest BCUT2D eigenvalue weighted by Gasteiger charge is 2.26. The van der Waals surface area contributed by atoms with E-state index in [1.807, 2.05) is 0 Å². The highest BCUT2D eigenvalue weighted by atomic mass is 15.1. The second-order valence-electron chi connectivity index (χ2n) is 6.38. The molecule has 1 heterocycles. The Morgan fingerprint density at radius 1 is 0.810 bits per heavy atom. The minimum Gasteiger partial charge on any atom is -0.306 e. The zero-order valence-electron chi connectivity index (χ0n) is 12.8. The van der Waals surface area contributed by atoms with Crippen LogP contribution >= 0.6 is 0 Å². The quantitative estimate of drug-likeness (QED) is 0.584. The van der Waals surface area contributed by atoms with Crippen molar-refractivity contribution in [2.45, 2.75) is 19.8 Å². The first-order chi connectivity index (χ1) is 10.2. The summed E-state index contributed by atoms with van der Waals surface area (Å²) in [5.41, 5.74) is 10.2. The van der Waals surface area contributed by atoms with Gasteiger partial charge in [0.2, 0.25) is 0 Å². The van der Waals surface area contributed by atoms with Gasteiger partial charge in [0, 0.05) is 13.1 Å². The lowest BCUT2D eigenvalue weighted by Gasteiger charge is -2.26. The van der Waals surface area contributed by atoms with Crippen LogP contribution in [-0.2, 0) is 0 Å². The fourth-order valence-electron chi connectivity index (χ4n) is 3.70. The molecule has 0 spiro atoms. The van der Waals surface area contributed by atoms with Crippen LogP contribution in [0.1, 0.15) is 29.5 Å². The predicted octanol–water partition coefficient (Wildman–Crippen LogP) is 4.50. The van der Waals surface area contributed by atoms with Crippen LogP contribution in [0.3, 0.4) is 0 Å². The Kier molecular flexibility index (Phi) is 2.97. The lowest BCUT2D eigenvalue weighted by Crippen LogP contribution is -2.26. The number of likely N-dealkylation sites (tertiary alicyclic amines) is 1. The number of hydrogen-bond donors (Lipinski definition) is 0. The molecule has 0 N–H and O–H groups in total. The number of fused-ring (bicyclic) bond motifs is 3. The molecule has 1 aliphatic carbocycles. The minimum absolute atomic E-state index is 1.18. The normalized spacial score (nSPS) is 17.8. The molecule has 0 amide bonds. The van der Waals surface area contributed by atoms with E-state index < -0.39 is 0 Å². The van der Waals surface area contributed by atoms with Gasteiger partial charge in [0.05, 0.1) is 0 Å². The van der Waals surface area contributed by atoms with Gasteiger partial charge in [-0.05, 0) is 54.6 Å². The number of hydrogen-bond acceptors (Lipinski definition) is 1. The molecule has 1 nitrogen and oxygen atoms in total. The molecule has 0 atom stereocenters. The van der Waals surface area contributed by atoms with Crippen molar-refractivity contribution in [1.82, 2.24) is 4.90 Å². The summed E-state index contributed by atoms with van der Waals surface area (Å²) >= 11 is 0. The number of piperidine rings is 1. The van der Waals surface area contributed by atoms with Gasteiger partial charge in [-0.3, -0.25) is 0 Å². The van der Waals surface area contributed by atoms with Gasteiger partial charge < -0.3 is 4.90 Å². The molecule has 1 aliphatic heterocycles. The first-order valence-corrected chi connectivity index (χ1v) is 7.85. The molecular weight excluding hydrogens is 254 g/mol. The topological polar surface area (TPSA) is 3.24 Å². The van der Waals surface area contributed by atoms with E-state index in [1.165, 1.54) is 59.3 Å². The highest BCUT2D eigenvalue weighted by Crippen LogP contribution is 2.47. The van der Waals surface area contributed by atoms with Crippen molar-refractivity contribution in [3.8, 4) is 11.1 Å². The average molecular weight is 275 g/mol. The molecule has 1 fully saturated rings. The molecule has 1 heteroatoms. The van der Waals surface area contributed by atoms with Crippen molar-refractivity contribution in [2.24, 2.45) is 0 Å². The van der Waals surface area contributed by atoms with E-state index in [1.54, 1.807) is 5.57 Å². The van der Waals surface area contributed by atoms with Gasteiger partial charge in [0.15, 0.2) is 0 Å². The number of benzene rings is 2. The van der Waals surface area contributed by atoms with Crippen LogP contribution in [0.4, 0.5) is 0 Å². The van der Waals surface area contributed by atoms with Gasteiger partial charge >= 0.3 is 0 Å². The van der Waals surface area contributed by atoms with E-state index in [0.29, 0.717) is 0 Å². The molecule has 2 aromatic rings. The maximum Gasteiger partial charge on any atom is 0.00160 e. The molecule has 0 aromatic heterocycles. The maximum atomic E-state index is 2.43. The van der Waals surface area contributed by atoms with Crippen LogP contribution in [-0.4, -0.2) is 25.0 Å². The van der Waals surface area contributed by atoms with Gasteiger partial charge in [-0.25, -0.2) is 0 Å². The van der Waals surface area contributed by atoms with E-state index in [4.69, 9.17) is 0 Å². The predicted molar refractivity (Wildman–Crippen MR) is 89.4 cm³/mol. The van der Waals surface area contributed by atoms with Crippen LogP contribution in [0.25, 0.3) is 16.7 Å². The zero-order chi connectivity index (χ0) is 14.4. The van der Waals surface area contributed by atoms with E-state index in [0.717, 1.165) is 0 Å². The van der Waals surface area contributed by atoms with Crippen molar-refractivity contribution in [3.63, 3.8) is 0 Å². The largest absolute Gasteiger partial charge is 0.306 e. The molecule has 0 bridgehead atoms. The Bertz CT molecular complexity index is 729. The van der Waals surface area contributed by atoms with Crippen LogP contribution < -0.4 is 0 Å². The Morgan fingerprint density at radius 2 is 1.48 bits per heavy atom. The van der Waals surface area contributed by atoms with Crippen molar-refractivity contribution in [1.29, 1.82) is 0 Å². The number of nitrogens with zero attached hydrogens (tertiary/aromatic N) is 1. The molecule has 4 rings (SSSR count). The third kappa shape index (κ3) is 2.04. The SMILES string of the molecule is Cc1ccc2c(c1)C(=C1CCN(C)CC1)c1ccccc1-2. The zero-order valence-corrected chi connectivity index (χ0v) is 12.8. The van der Waals surface area contributed by atoms with Crippen molar-refractivity contribution >= 4 is 5.57 Å². The van der Waals surface area contributed by atoms with E-state index in [2.05, 4.69) is 61.3 Å². The summed E-state index contributed by atoms with van der Waals surface area (Å²) in [4.78, 5) is 2.43. The molecule has 2 aliphatic rings. The smallest absolute Gasteiger partial charge is 0.00160 e. The van der Waals surface area contributed by atoms with Gasteiger partial charge in [0.25, 0.3) is 0 Å². The summed E-state index contributed by atoms with van der Waals surface area (Å²) in [6.07, 6.45) is 2.40. The lowest BCUT2D eigenvalue weighted by atomic mass is 9.91. The summed E-state index contributed by atoms with van der Waals surface area (Å²) < 4.78 is 0. The van der Waals surface area contributed by atoms with E-state index in [-0.39, 0.29) is 0 Å². The second-order valence-corrected chi connectivity index (χ2v) is 6.38. The number of aryl methyl sites for hydroxylation is 1. The third-order valence-corrected chi connectivity index (χ3v) is 4.88. The summed E-state index contributed by atoms with van der Waals surface area (Å²) in [6, 6.07) is 15.8. The summed E-state index contributed by atoms with van der Waals surface area (Å²) in [5, 5.41) is 0. The lowest BCUT2D eigenvalue weighted by molar-refractivity contribution is 0.313. The van der Waals surface area contributed by atoms with E-state index in [9.17, 15) is 0 Å². The summed E-state index contributed by atoms with van der Waals surface area (Å²) in [5.74, 6) is 0. The van der Waals surface area contributed by atoms with Crippen LogP contribution in [0, 0.1) is 6.92 Å². The third-order valence-electron chi connectivity index (χ3n) is 4.88. The Balaban J connectivity index is 1.95. The van der Waals surface area contributed by atoms with Gasteiger partial charge in [-0.1, -0.05) is 53.6 Å². The van der Waals surface area contributed by atoms with Gasteiger partial charge in [-0.15, -0.1) is 0 Å². The monoisotopic (exact) mass is 275 g/mol. The maximum absolute atomic E-state index is 2.43. The van der Waals surface area contributed by atoms with Crippen LogP contribution in [0.5, 0.6) is 0 Å². The van der Waals surface area contributed by atoms with Gasteiger partial charge in [-0.2, -0.15) is 0 Å². The number of rotatable bonds is 0. The molecule has 2 aromatic carbocycles. The molecule has 1 saturated heterocycles. The van der Waals surface area contributed by atoms with Gasteiger partial charge in [0.1, 0.15) is 0 Å². The first-order valence-electron chi connectivity index (χ1n) is 7.85. The average Bonchev–Trinajstić information content (AvgIpc) is 2.82. The second kappa shape index (κ2) is 4.85. The highest BCUT2D eigenvalue weighted by molar-refractivity contribution is 6.02. The van der Waals surface area contributed by atoms with Crippen molar-refractivity contribution < 1.29 is 0 Å². The Morgan fingerprint density at radius 3 is 2.24 bits per heavy atom. The fourth-order valence-corrected chi connectivity index (χ4v) is 3.70. The standard InChI is InChI=1S/C20H21N/c1-14-7-8-17-16-5-3-4-6-18(16)20(19(17)13-14)15-9-11-21(2)12-10-15/h3-8,13H,9-12H2,1-2H3. The molecular formula is C20H21N. The molecule has 0 unspecified atom stereocenters. The van der Waals surface area contributed by atoms with E-state index >= 15 is 0 Å². The summed E-state index contributed by atoms with van der Waals surface area (Å²) in [6.45, 7) is 4.56. The Hall–Kier alpha value is -1.86. The summed E-state index contributed by atoms with van der Waals surface area (Å²) in [7, 11) is 2.22. The fraction of sp³-hybridized carbons (Fsp3) is 0.300. The van der Waals surface area contributed by atoms with Crippen molar-refractivity contribution in [3.05, 3.63) is 64.7 Å². The molecule has 21 heavy (non-hydrogen) atoms.